The zero-order chi connectivity index (χ0) is 17.7. The van der Waals surface area contributed by atoms with Crippen molar-refractivity contribution in [3.63, 3.8) is 0 Å². The van der Waals surface area contributed by atoms with Crippen molar-refractivity contribution in [1.82, 2.24) is 0 Å². The van der Waals surface area contributed by atoms with Gasteiger partial charge in [-0.3, -0.25) is 5.43 Å². The number of ether oxygens (including phenoxy) is 1. The number of alkyl halides is 3. The number of hydrogen-bond donors (Lipinski definition) is 1. The van der Waals surface area contributed by atoms with Crippen LogP contribution in [0.3, 0.4) is 0 Å². The molecule has 0 unspecified atom stereocenters. The van der Waals surface area contributed by atoms with Crippen LogP contribution in [0.2, 0.25) is 10.0 Å². The molecule has 8 heteroatoms. The molecule has 0 radical (unpaired) electrons. The molecule has 0 bridgehead atoms. The molecular weight excluding hydrogens is 364 g/mol. The van der Waals surface area contributed by atoms with Gasteiger partial charge in [-0.1, -0.05) is 29.3 Å². The highest BCUT2D eigenvalue weighted by Crippen LogP contribution is 2.34. The van der Waals surface area contributed by atoms with Crippen LogP contribution in [0.15, 0.2) is 41.5 Å². The number of rotatable bonds is 5. The van der Waals surface area contributed by atoms with E-state index in [4.69, 9.17) is 27.9 Å². The third-order valence-electron chi connectivity index (χ3n) is 2.91. The molecule has 2 aromatic carbocycles. The quantitative estimate of drug-likeness (QED) is 0.523. The molecule has 0 amide bonds. The molecule has 2 aromatic rings. The average molecular weight is 377 g/mol. The average Bonchev–Trinajstić information content (AvgIpc) is 2.50. The Bertz CT molecular complexity index is 725. The summed E-state index contributed by atoms with van der Waals surface area (Å²) in [5, 5.41) is 4.54. The monoisotopic (exact) mass is 376 g/mol. The number of benzene rings is 2. The largest absolute Gasteiger partial charge is 0.491 e. The van der Waals surface area contributed by atoms with Gasteiger partial charge in [0.1, 0.15) is 0 Å². The van der Waals surface area contributed by atoms with E-state index < -0.39 is 11.7 Å². The molecular formula is C16H13Cl2F3N2O. The van der Waals surface area contributed by atoms with E-state index >= 15 is 0 Å². The second-order valence-corrected chi connectivity index (χ2v) is 5.51. The Morgan fingerprint density at radius 2 is 1.83 bits per heavy atom. The molecule has 0 spiro atoms. The summed E-state index contributed by atoms with van der Waals surface area (Å²) in [4.78, 5) is 0. The van der Waals surface area contributed by atoms with E-state index in [0.29, 0.717) is 28.0 Å². The predicted molar refractivity (Wildman–Crippen MR) is 90.3 cm³/mol. The Balaban J connectivity index is 2.12. The van der Waals surface area contributed by atoms with Crippen LogP contribution in [0.1, 0.15) is 18.1 Å². The lowest BCUT2D eigenvalue weighted by Crippen LogP contribution is -2.05. The fourth-order valence-corrected chi connectivity index (χ4v) is 2.50. The van der Waals surface area contributed by atoms with Crippen LogP contribution in [0.5, 0.6) is 5.75 Å². The maximum absolute atomic E-state index is 12.6. The third-order valence-corrected chi connectivity index (χ3v) is 3.47. The lowest BCUT2D eigenvalue weighted by molar-refractivity contribution is -0.137. The van der Waals surface area contributed by atoms with E-state index in [1.165, 1.54) is 18.3 Å². The maximum atomic E-state index is 12.6. The van der Waals surface area contributed by atoms with Crippen molar-refractivity contribution in [3.8, 4) is 5.75 Å². The number of nitrogens with zero attached hydrogens (tertiary/aromatic N) is 1. The summed E-state index contributed by atoms with van der Waals surface area (Å²) in [5.41, 5.74) is 2.57. The number of nitrogens with one attached hydrogen (secondary N) is 1. The summed E-state index contributed by atoms with van der Waals surface area (Å²) < 4.78 is 43.2. The van der Waals surface area contributed by atoms with E-state index in [0.717, 1.165) is 12.1 Å². The van der Waals surface area contributed by atoms with Gasteiger partial charge >= 0.3 is 6.18 Å². The van der Waals surface area contributed by atoms with Crippen LogP contribution in [0.25, 0.3) is 0 Å². The highest BCUT2D eigenvalue weighted by Gasteiger charge is 2.30. The molecule has 24 heavy (non-hydrogen) atoms. The first-order valence-corrected chi connectivity index (χ1v) is 7.65. The summed E-state index contributed by atoms with van der Waals surface area (Å²) in [6.45, 7) is 2.23. The summed E-state index contributed by atoms with van der Waals surface area (Å²) >= 11 is 12.1. The van der Waals surface area contributed by atoms with E-state index in [1.54, 1.807) is 19.1 Å². The van der Waals surface area contributed by atoms with E-state index in [1.807, 2.05) is 0 Å². The van der Waals surface area contributed by atoms with Crippen molar-refractivity contribution in [2.75, 3.05) is 12.0 Å². The molecule has 0 aromatic heterocycles. The zero-order valence-corrected chi connectivity index (χ0v) is 14.0. The third kappa shape index (κ3) is 4.79. The first kappa shape index (κ1) is 18.4. The van der Waals surface area contributed by atoms with E-state index in [-0.39, 0.29) is 5.69 Å². The first-order chi connectivity index (χ1) is 11.3. The topological polar surface area (TPSA) is 33.6 Å². The summed E-state index contributed by atoms with van der Waals surface area (Å²) in [5.74, 6) is 0.379. The van der Waals surface area contributed by atoms with Crippen LogP contribution >= 0.6 is 23.2 Å². The van der Waals surface area contributed by atoms with Crippen LogP contribution < -0.4 is 10.2 Å². The van der Waals surface area contributed by atoms with Gasteiger partial charge in [-0.2, -0.15) is 18.3 Å². The molecule has 0 heterocycles. The minimum Gasteiger partial charge on any atom is -0.491 e. The lowest BCUT2D eigenvalue weighted by atomic mass is 10.2. The molecule has 2 rings (SSSR count). The molecule has 0 saturated heterocycles. The Morgan fingerprint density at radius 3 is 2.42 bits per heavy atom. The van der Waals surface area contributed by atoms with Crippen LogP contribution in [-0.2, 0) is 6.18 Å². The summed E-state index contributed by atoms with van der Waals surface area (Å²) in [6.07, 6.45) is -3.01. The van der Waals surface area contributed by atoms with Crippen molar-refractivity contribution in [2.24, 2.45) is 5.10 Å². The van der Waals surface area contributed by atoms with Gasteiger partial charge in [0.2, 0.25) is 0 Å². The van der Waals surface area contributed by atoms with Crippen molar-refractivity contribution >= 4 is 35.1 Å². The second kappa shape index (κ2) is 7.77. The van der Waals surface area contributed by atoms with Crippen molar-refractivity contribution in [2.45, 2.75) is 13.1 Å². The van der Waals surface area contributed by atoms with Crippen molar-refractivity contribution < 1.29 is 17.9 Å². The van der Waals surface area contributed by atoms with Gasteiger partial charge in [-0.25, -0.2) is 0 Å². The maximum Gasteiger partial charge on any atom is 0.416 e. The zero-order valence-electron chi connectivity index (χ0n) is 12.5. The van der Waals surface area contributed by atoms with Gasteiger partial charge in [-0.05, 0) is 42.8 Å². The molecule has 0 aliphatic rings. The Labute approximate surface area is 147 Å². The SMILES string of the molecule is CCOc1c(Cl)cc(C=NNc2cccc(C(F)(F)F)c2)cc1Cl. The fourth-order valence-electron chi connectivity index (χ4n) is 1.88. The summed E-state index contributed by atoms with van der Waals surface area (Å²) in [7, 11) is 0. The lowest BCUT2D eigenvalue weighted by Gasteiger charge is -2.09. The minimum atomic E-state index is -4.41. The molecule has 0 atom stereocenters. The first-order valence-electron chi connectivity index (χ1n) is 6.89. The standard InChI is InChI=1S/C16H13Cl2F3N2O/c1-2-24-15-13(17)6-10(7-14(15)18)9-22-23-12-5-3-4-11(8-12)16(19,20)21/h3-9,23H,2H2,1H3. The smallest absolute Gasteiger partial charge is 0.416 e. The number of hydrogen-bond acceptors (Lipinski definition) is 3. The van der Waals surface area contributed by atoms with Crippen LogP contribution in [-0.4, -0.2) is 12.8 Å². The molecule has 128 valence electrons. The molecule has 0 aliphatic carbocycles. The number of hydrazone groups is 1. The Hall–Kier alpha value is -1.92. The summed E-state index contributed by atoms with van der Waals surface area (Å²) in [6, 6.07) is 7.91. The molecule has 1 N–H and O–H groups in total. The van der Waals surface area contributed by atoms with Gasteiger partial charge < -0.3 is 4.74 Å². The predicted octanol–water partition coefficient (Wildman–Crippen LogP) is 5.86. The Morgan fingerprint density at radius 1 is 1.17 bits per heavy atom. The number of halogens is 5. The second-order valence-electron chi connectivity index (χ2n) is 4.70. The molecule has 3 nitrogen and oxygen atoms in total. The van der Waals surface area contributed by atoms with Gasteiger partial charge in [-0.15, -0.1) is 0 Å². The van der Waals surface area contributed by atoms with E-state index in [2.05, 4.69) is 10.5 Å². The van der Waals surface area contributed by atoms with Crippen LogP contribution in [0, 0.1) is 0 Å². The highest BCUT2D eigenvalue weighted by atomic mass is 35.5. The van der Waals surface area contributed by atoms with Crippen molar-refractivity contribution in [3.05, 3.63) is 57.6 Å². The molecule has 0 aliphatic heterocycles. The van der Waals surface area contributed by atoms with Gasteiger partial charge in [0.25, 0.3) is 0 Å². The number of anilines is 1. The highest BCUT2D eigenvalue weighted by molar-refractivity contribution is 6.37. The normalized spacial score (nSPS) is 11.8. The van der Waals surface area contributed by atoms with Crippen LogP contribution in [0.4, 0.5) is 18.9 Å². The molecule has 0 saturated carbocycles. The van der Waals surface area contributed by atoms with Gasteiger partial charge in [0.15, 0.2) is 5.75 Å². The minimum absolute atomic E-state index is 0.212. The fraction of sp³-hybridized carbons (Fsp3) is 0.188. The van der Waals surface area contributed by atoms with Gasteiger partial charge in [0.05, 0.1) is 34.1 Å². The van der Waals surface area contributed by atoms with E-state index in [9.17, 15) is 13.2 Å². The molecule has 0 fully saturated rings. The van der Waals surface area contributed by atoms with Crippen molar-refractivity contribution in [1.29, 1.82) is 0 Å². The van der Waals surface area contributed by atoms with Gasteiger partial charge in [0, 0.05) is 0 Å². The Kier molecular flexibility index (Phi) is 5.96.